The maximum absolute atomic E-state index is 13.8. The van der Waals surface area contributed by atoms with Gasteiger partial charge in [-0.3, -0.25) is 19.2 Å². The van der Waals surface area contributed by atoms with E-state index < -0.39 is 77.2 Å². The molecule has 5 rings (SSSR count). The van der Waals surface area contributed by atoms with E-state index in [2.05, 4.69) is 9.97 Å². The molecule has 3 aliphatic rings. The highest BCUT2D eigenvalue weighted by atomic mass is 16.6. The molecule has 19 heteroatoms. The monoisotopic (exact) mass is 1000 g/mol. The predicted octanol–water partition coefficient (Wildman–Crippen LogP) is 8.08. The Kier molecular flexibility index (Phi) is 20.8. The first-order valence-electron chi connectivity index (χ1n) is 23.9. The SMILES string of the molecule is C/C=C/[C@H](OC(=O)CCCC(=O)O)C(C)(C)[C@H]1C/C=C\C2OC2/C=C/[C@H](OC)Cc2nc(co2)C(=O)O[C@@H](C(C)(C)[C@H](/C=C/C)OC(=O)CCCC(=O)O)C/C=C\[C@H]2O[C@H]2/C=C/C=C\c2nc(co2)C(=O)O1. The summed E-state index contributed by atoms with van der Waals surface area (Å²) in [6.07, 6.45) is 21.8. The number of esters is 4. The van der Waals surface area contributed by atoms with E-state index in [0.29, 0.717) is 0 Å². The molecule has 19 nitrogen and oxygen atoms in total. The summed E-state index contributed by atoms with van der Waals surface area (Å²) in [6.45, 7) is 10.7. The molecule has 2 aromatic heterocycles. The smallest absolute Gasteiger partial charge is 0.360 e. The molecule has 9 atom stereocenters. The van der Waals surface area contributed by atoms with E-state index >= 15 is 0 Å². The Hall–Kier alpha value is -6.70. The van der Waals surface area contributed by atoms with Crippen molar-refractivity contribution in [2.24, 2.45) is 10.8 Å². The van der Waals surface area contributed by atoms with E-state index in [1.165, 1.54) is 19.6 Å². The lowest BCUT2D eigenvalue weighted by Crippen LogP contribution is -2.44. The molecule has 2 fully saturated rings. The first kappa shape index (κ1) is 56.2. The number of aliphatic carboxylic acids is 2. The highest BCUT2D eigenvalue weighted by Crippen LogP contribution is 2.37. The summed E-state index contributed by atoms with van der Waals surface area (Å²) in [5.74, 6) is -4.44. The number of ether oxygens (including phenoxy) is 7. The standard InChI is InChI=1S/C53H66N2O17/c1-8-16-40(69-48(60)26-14-24-46(56)57)52(3,4)42-22-13-20-38-39(68-38)29-28-33(64-7)30-45-55-35(32-66-45)51(63)72-43(53(5,6)41(17-9-2)70-49(61)27-15-25-47(58)59)21-12-19-37-36(67-37)18-10-11-23-44-54-34(31-65-44)50(62)71-42/h8-13,16-20,23,28-29,31-33,36-43H,14-15,21-22,24-27,30H2,1-7H3,(H,56,57)(H,58,59)/b16-8+,17-9+,18-10+,19-12-,20-13-,23-11-,29-28+/t33-,36-,37+,38?,39?,40-,41-,42+,43+/m0/s1. The Labute approximate surface area is 418 Å². The number of carbonyl (C=O) groups excluding carboxylic acids is 4. The fourth-order valence-electron chi connectivity index (χ4n) is 7.62. The minimum atomic E-state index is -1.02. The number of oxazole rings is 2. The topological polar surface area (TPSA) is 266 Å². The summed E-state index contributed by atoms with van der Waals surface area (Å²) in [5.41, 5.74) is -2.19. The molecular formula is C53H66N2O17. The van der Waals surface area contributed by atoms with Crippen molar-refractivity contribution in [3.05, 3.63) is 115 Å². The maximum atomic E-state index is 13.8. The van der Waals surface area contributed by atoms with Crippen LogP contribution in [0, 0.1) is 10.8 Å². The Morgan fingerprint density at radius 3 is 1.67 bits per heavy atom. The van der Waals surface area contributed by atoms with Gasteiger partial charge in [0.25, 0.3) is 0 Å². The number of methoxy groups -OCH3 is 1. The number of nitrogens with zero attached hydrogens (tertiary/aromatic N) is 2. The number of epoxide rings is 2. The number of hydrogen-bond donors (Lipinski definition) is 2. The summed E-state index contributed by atoms with van der Waals surface area (Å²) in [5, 5.41) is 18.1. The number of carboxylic acids is 2. The predicted molar refractivity (Wildman–Crippen MR) is 258 cm³/mol. The van der Waals surface area contributed by atoms with Gasteiger partial charge in [0.1, 0.15) is 61.4 Å². The van der Waals surface area contributed by atoms with Crippen molar-refractivity contribution >= 4 is 41.9 Å². The van der Waals surface area contributed by atoms with Crippen LogP contribution in [0.25, 0.3) is 6.08 Å². The molecule has 0 saturated carbocycles. The van der Waals surface area contributed by atoms with E-state index in [1.54, 1.807) is 90.2 Å². The third kappa shape index (κ3) is 17.3. The van der Waals surface area contributed by atoms with Crippen molar-refractivity contribution in [2.75, 3.05) is 7.11 Å². The summed E-state index contributed by atoms with van der Waals surface area (Å²) in [4.78, 5) is 84.1. The second-order valence-electron chi connectivity index (χ2n) is 18.6. The Bertz CT molecular complexity index is 2400. The number of fused-ring (bicyclic) bond motifs is 6. The molecule has 4 bridgehead atoms. The van der Waals surface area contributed by atoms with Gasteiger partial charge in [0.2, 0.25) is 5.89 Å². The third-order valence-corrected chi connectivity index (χ3v) is 12.2. The largest absolute Gasteiger partial charge is 0.481 e. The normalized spacial score (nSPS) is 26.3. The van der Waals surface area contributed by atoms with Gasteiger partial charge in [0.05, 0.1) is 12.5 Å². The molecule has 0 spiro atoms. The van der Waals surface area contributed by atoms with Gasteiger partial charge in [-0.2, -0.15) is 0 Å². The third-order valence-electron chi connectivity index (χ3n) is 12.2. The van der Waals surface area contributed by atoms with Crippen molar-refractivity contribution in [3.8, 4) is 0 Å². The number of allylic oxidation sites excluding steroid dienone is 4. The molecule has 0 aromatic carbocycles. The number of cyclic esters (lactones) is 2. The maximum Gasteiger partial charge on any atom is 0.360 e. The molecule has 5 heterocycles. The van der Waals surface area contributed by atoms with Gasteiger partial charge in [0, 0.05) is 62.5 Å². The van der Waals surface area contributed by atoms with Gasteiger partial charge in [-0.15, -0.1) is 0 Å². The summed E-state index contributed by atoms with van der Waals surface area (Å²) >= 11 is 0. The van der Waals surface area contributed by atoms with Gasteiger partial charge in [-0.05, 0) is 38.8 Å². The molecule has 2 unspecified atom stereocenters. The summed E-state index contributed by atoms with van der Waals surface area (Å²) < 4.78 is 52.5. The molecule has 390 valence electrons. The van der Waals surface area contributed by atoms with Crippen LogP contribution in [0.1, 0.15) is 126 Å². The van der Waals surface area contributed by atoms with Crippen LogP contribution in [0.2, 0.25) is 0 Å². The van der Waals surface area contributed by atoms with Crippen molar-refractivity contribution in [3.63, 3.8) is 0 Å². The average Bonchev–Trinajstić information content (AvgIpc) is 4.12. The molecule has 2 N–H and O–H groups in total. The molecule has 0 aliphatic carbocycles. The quantitative estimate of drug-likeness (QED) is 0.0656. The van der Waals surface area contributed by atoms with Crippen LogP contribution >= 0.6 is 0 Å². The highest BCUT2D eigenvalue weighted by Gasteiger charge is 2.43. The Morgan fingerprint density at radius 2 is 1.17 bits per heavy atom. The lowest BCUT2D eigenvalue weighted by molar-refractivity contribution is -0.157. The molecule has 2 aromatic rings. The van der Waals surface area contributed by atoms with Crippen molar-refractivity contribution in [2.45, 2.75) is 154 Å². The van der Waals surface area contributed by atoms with E-state index in [1.807, 2.05) is 36.5 Å². The Balaban J connectivity index is 1.38. The zero-order chi connectivity index (χ0) is 52.4. The van der Waals surface area contributed by atoms with Crippen LogP contribution < -0.4 is 0 Å². The summed E-state index contributed by atoms with van der Waals surface area (Å²) in [6, 6.07) is 0. The van der Waals surface area contributed by atoms with Crippen LogP contribution in [0.5, 0.6) is 0 Å². The molecule has 0 amide bonds. The first-order chi connectivity index (χ1) is 34.3. The summed E-state index contributed by atoms with van der Waals surface area (Å²) in [7, 11) is 1.52. The van der Waals surface area contributed by atoms with E-state index in [0.717, 1.165) is 0 Å². The molecular weight excluding hydrogens is 937 g/mol. The van der Waals surface area contributed by atoms with Crippen LogP contribution in [0.3, 0.4) is 0 Å². The van der Waals surface area contributed by atoms with Crippen molar-refractivity contribution in [1.29, 1.82) is 0 Å². The fourth-order valence-corrected chi connectivity index (χ4v) is 7.62. The Morgan fingerprint density at radius 1 is 0.681 bits per heavy atom. The number of carboxylic acid groups (broad SMARTS) is 2. The number of rotatable bonds is 17. The lowest BCUT2D eigenvalue weighted by Gasteiger charge is -2.38. The highest BCUT2D eigenvalue weighted by molar-refractivity contribution is 5.87. The van der Waals surface area contributed by atoms with Crippen molar-refractivity contribution in [1.82, 2.24) is 9.97 Å². The molecule has 3 aliphatic heterocycles. The lowest BCUT2D eigenvalue weighted by atomic mass is 9.78. The zero-order valence-electron chi connectivity index (χ0n) is 41.7. The molecule has 2 saturated heterocycles. The van der Waals surface area contributed by atoms with Crippen LogP contribution in [-0.4, -0.2) is 118 Å². The van der Waals surface area contributed by atoms with Gasteiger partial charge in [0.15, 0.2) is 17.3 Å². The molecule has 0 radical (unpaired) electrons. The fraction of sp³-hybridized carbons (Fsp3) is 0.509. The van der Waals surface area contributed by atoms with Crippen LogP contribution in [-0.2, 0) is 58.8 Å². The number of hydrogen-bond acceptors (Lipinski definition) is 17. The minimum Gasteiger partial charge on any atom is -0.481 e. The first-order valence-corrected chi connectivity index (χ1v) is 23.9. The minimum absolute atomic E-state index is 0.0832. The second kappa shape index (κ2) is 26.7. The van der Waals surface area contributed by atoms with Crippen LogP contribution in [0.15, 0.2) is 100 Å². The van der Waals surface area contributed by atoms with Gasteiger partial charge < -0.3 is 52.2 Å². The van der Waals surface area contributed by atoms with Crippen LogP contribution in [0.4, 0.5) is 0 Å². The number of aromatic nitrogens is 2. The number of carbonyl (C=O) groups is 6. The second-order valence-corrected chi connectivity index (χ2v) is 18.6. The van der Waals surface area contributed by atoms with Gasteiger partial charge in [-0.1, -0.05) is 94.5 Å². The van der Waals surface area contributed by atoms with Gasteiger partial charge in [-0.25, -0.2) is 19.6 Å². The zero-order valence-corrected chi connectivity index (χ0v) is 41.7. The van der Waals surface area contributed by atoms with E-state index in [9.17, 15) is 28.8 Å². The molecule has 72 heavy (non-hydrogen) atoms. The van der Waals surface area contributed by atoms with Gasteiger partial charge >= 0.3 is 35.8 Å². The van der Waals surface area contributed by atoms with E-state index in [-0.39, 0.29) is 105 Å². The average molecular weight is 1000 g/mol. The van der Waals surface area contributed by atoms with E-state index in [4.69, 9.17) is 52.2 Å². The van der Waals surface area contributed by atoms with Crippen molar-refractivity contribution < 1.29 is 81.0 Å².